The topological polar surface area (TPSA) is 76.5 Å². The highest BCUT2D eigenvalue weighted by Crippen LogP contribution is 2.30. The Labute approximate surface area is 148 Å². The first-order chi connectivity index (χ1) is 12.2. The van der Waals surface area contributed by atoms with Crippen molar-refractivity contribution in [3.05, 3.63) is 41.3 Å². The number of ether oxygens (including phenoxy) is 2. The fourth-order valence-corrected chi connectivity index (χ4v) is 3.08. The van der Waals surface area contributed by atoms with Gasteiger partial charge in [-0.1, -0.05) is 0 Å². The van der Waals surface area contributed by atoms with Crippen molar-refractivity contribution in [2.75, 3.05) is 12.4 Å². The van der Waals surface area contributed by atoms with Gasteiger partial charge >= 0.3 is 0 Å². The van der Waals surface area contributed by atoms with E-state index in [0.29, 0.717) is 18.2 Å². The molecule has 6 heteroatoms. The Morgan fingerprint density at radius 3 is 2.72 bits per heavy atom. The lowest BCUT2D eigenvalue weighted by atomic mass is 10.1. The highest BCUT2D eigenvalue weighted by Gasteiger charge is 2.18. The molecule has 25 heavy (non-hydrogen) atoms. The smallest absolute Gasteiger partial charge is 0.156 e. The van der Waals surface area contributed by atoms with E-state index in [4.69, 9.17) is 9.47 Å². The molecule has 0 aliphatic heterocycles. The summed E-state index contributed by atoms with van der Waals surface area (Å²) < 4.78 is 11.5. The second-order valence-corrected chi connectivity index (χ2v) is 6.32. The predicted octanol–water partition coefficient (Wildman–Crippen LogP) is 3.22. The number of hydrogen-bond acceptors (Lipinski definition) is 6. The van der Waals surface area contributed by atoms with Crippen molar-refractivity contribution in [1.82, 2.24) is 9.97 Å². The Bertz CT molecular complexity index is 715. The summed E-state index contributed by atoms with van der Waals surface area (Å²) in [6.45, 7) is 2.29. The number of hydrogen-bond donors (Lipinski definition) is 2. The fourth-order valence-electron chi connectivity index (χ4n) is 3.08. The number of aromatic nitrogens is 2. The Morgan fingerprint density at radius 2 is 2.00 bits per heavy atom. The second kappa shape index (κ2) is 8.16. The Kier molecular flexibility index (Phi) is 5.71. The third-order valence-electron chi connectivity index (χ3n) is 4.37. The van der Waals surface area contributed by atoms with E-state index in [1.807, 2.05) is 31.2 Å². The number of methoxy groups -OCH3 is 1. The molecule has 0 amide bonds. The third-order valence-corrected chi connectivity index (χ3v) is 4.37. The maximum atomic E-state index is 9.25. The number of anilines is 1. The van der Waals surface area contributed by atoms with Gasteiger partial charge in [0, 0.05) is 29.9 Å². The predicted molar refractivity (Wildman–Crippen MR) is 95.9 cm³/mol. The Balaban J connectivity index is 1.75. The van der Waals surface area contributed by atoms with E-state index in [0.717, 1.165) is 35.6 Å². The first-order valence-electron chi connectivity index (χ1n) is 8.71. The molecule has 0 saturated heterocycles. The van der Waals surface area contributed by atoms with E-state index in [1.54, 1.807) is 7.11 Å². The van der Waals surface area contributed by atoms with Crippen LogP contribution in [0.1, 0.15) is 42.8 Å². The average Bonchev–Trinajstić information content (AvgIpc) is 3.13. The summed E-state index contributed by atoms with van der Waals surface area (Å²) in [6.07, 6.45) is 4.95. The van der Waals surface area contributed by atoms with E-state index < -0.39 is 0 Å². The summed E-state index contributed by atoms with van der Waals surface area (Å²) in [5.74, 6) is 2.75. The first-order valence-corrected chi connectivity index (χ1v) is 8.71. The van der Waals surface area contributed by atoms with Crippen LogP contribution in [-0.4, -0.2) is 28.3 Å². The van der Waals surface area contributed by atoms with Gasteiger partial charge in [0.05, 0.1) is 13.2 Å². The van der Waals surface area contributed by atoms with Gasteiger partial charge in [-0.05, 0) is 44.7 Å². The number of nitrogens with zero attached hydrogens (tertiary/aromatic N) is 2. The number of aliphatic hydroxyl groups is 1. The van der Waals surface area contributed by atoms with Gasteiger partial charge < -0.3 is 19.9 Å². The molecule has 0 unspecified atom stereocenters. The van der Waals surface area contributed by atoms with Crippen LogP contribution < -0.4 is 14.8 Å². The number of aryl methyl sites for hydroxylation is 1. The fraction of sp³-hybridized carbons (Fsp3) is 0.474. The zero-order valence-electron chi connectivity index (χ0n) is 14.8. The van der Waals surface area contributed by atoms with Gasteiger partial charge in [-0.3, -0.25) is 0 Å². The average molecular weight is 343 g/mol. The lowest BCUT2D eigenvalue weighted by Crippen LogP contribution is -2.13. The van der Waals surface area contributed by atoms with E-state index in [9.17, 15) is 5.11 Å². The molecule has 1 aliphatic rings. The zero-order valence-corrected chi connectivity index (χ0v) is 14.8. The van der Waals surface area contributed by atoms with Gasteiger partial charge in [-0.2, -0.15) is 0 Å². The second-order valence-electron chi connectivity index (χ2n) is 6.32. The van der Waals surface area contributed by atoms with Gasteiger partial charge in [-0.15, -0.1) is 0 Å². The van der Waals surface area contributed by atoms with E-state index in [2.05, 4.69) is 15.3 Å². The maximum Gasteiger partial charge on any atom is 0.156 e. The van der Waals surface area contributed by atoms with Gasteiger partial charge in [0.25, 0.3) is 0 Å². The molecule has 134 valence electrons. The maximum absolute atomic E-state index is 9.25. The molecule has 0 bridgehead atoms. The Morgan fingerprint density at radius 1 is 1.20 bits per heavy atom. The molecule has 0 radical (unpaired) electrons. The molecule has 1 aliphatic carbocycles. The zero-order chi connectivity index (χ0) is 17.6. The summed E-state index contributed by atoms with van der Waals surface area (Å²) in [7, 11) is 1.66. The van der Waals surface area contributed by atoms with Crippen molar-refractivity contribution < 1.29 is 14.6 Å². The van der Waals surface area contributed by atoms with Crippen molar-refractivity contribution in [2.45, 2.75) is 51.9 Å². The molecule has 1 aromatic carbocycles. The summed E-state index contributed by atoms with van der Waals surface area (Å²) in [6, 6.07) is 7.75. The van der Waals surface area contributed by atoms with E-state index >= 15 is 0 Å². The van der Waals surface area contributed by atoms with Crippen LogP contribution >= 0.6 is 0 Å². The molecule has 0 atom stereocenters. The van der Waals surface area contributed by atoms with Crippen molar-refractivity contribution in [1.29, 1.82) is 0 Å². The summed E-state index contributed by atoms with van der Waals surface area (Å²) in [4.78, 5) is 8.47. The van der Waals surface area contributed by atoms with Gasteiger partial charge in [0.1, 0.15) is 23.9 Å². The highest BCUT2D eigenvalue weighted by molar-refractivity contribution is 5.44. The van der Waals surface area contributed by atoms with Crippen LogP contribution in [0.5, 0.6) is 11.5 Å². The minimum atomic E-state index is -0.172. The molecular formula is C19H25N3O3. The molecular weight excluding hydrogens is 318 g/mol. The molecule has 2 N–H and O–H groups in total. The van der Waals surface area contributed by atoms with Crippen LogP contribution in [0.4, 0.5) is 5.82 Å². The van der Waals surface area contributed by atoms with Gasteiger partial charge in [-0.25, -0.2) is 9.97 Å². The molecule has 0 spiro atoms. The lowest BCUT2D eigenvalue weighted by molar-refractivity contribution is 0.207. The minimum absolute atomic E-state index is 0.172. The summed E-state index contributed by atoms with van der Waals surface area (Å²) in [5, 5.41) is 12.5. The molecule has 1 heterocycles. The SMILES string of the molecule is COc1ccc(CNc2cc(C)nc(CO)n2)c(OC2CCCC2)c1. The van der Waals surface area contributed by atoms with Crippen molar-refractivity contribution >= 4 is 5.82 Å². The van der Waals surface area contributed by atoms with Crippen LogP contribution in [0, 0.1) is 6.92 Å². The minimum Gasteiger partial charge on any atom is -0.497 e. The lowest BCUT2D eigenvalue weighted by Gasteiger charge is -2.18. The van der Waals surface area contributed by atoms with Crippen LogP contribution in [-0.2, 0) is 13.2 Å². The van der Waals surface area contributed by atoms with Crippen molar-refractivity contribution in [3.63, 3.8) is 0 Å². The molecule has 6 nitrogen and oxygen atoms in total. The third kappa shape index (κ3) is 4.60. The number of rotatable bonds is 7. The van der Waals surface area contributed by atoms with Crippen LogP contribution in [0.3, 0.4) is 0 Å². The molecule has 3 rings (SSSR count). The van der Waals surface area contributed by atoms with E-state index in [-0.39, 0.29) is 12.7 Å². The van der Waals surface area contributed by atoms with E-state index in [1.165, 1.54) is 12.8 Å². The van der Waals surface area contributed by atoms with Crippen LogP contribution in [0.15, 0.2) is 24.3 Å². The molecule has 1 saturated carbocycles. The quantitative estimate of drug-likeness (QED) is 0.804. The summed E-state index contributed by atoms with van der Waals surface area (Å²) >= 11 is 0. The van der Waals surface area contributed by atoms with Gasteiger partial charge in [0.2, 0.25) is 0 Å². The van der Waals surface area contributed by atoms with Gasteiger partial charge in [0.15, 0.2) is 5.82 Å². The Hall–Kier alpha value is -2.34. The van der Waals surface area contributed by atoms with Crippen molar-refractivity contribution in [2.24, 2.45) is 0 Å². The number of benzene rings is 1. The summed E-state index contributed by atoms with van der Waals surface area (Å²) in [5.41, 5.74) is 1.87. The largest absolute Gasteiger partial charge is 0.497 e. The molecule has 1 aromatic heterocycles. The molecule has 1 fully saturated rings. The monoisotopic (exact) mass is 343 g/mol. The normalized spacial score (nSPS) is 14.5. The number of nitrogens with one attached hydrogen (secondary N) is 1. The first kappa shape index (κ1) is 17.5. The molecule has 2 aromatic rings. The van der Waals surface area contributed by atoms with Crippen molar-refractivity contribution in [3.8, 4) is 11.5 Å². The van der Waals surface area contributed by atoms with Crippen LogP contribution in [0.25, 0.3) is 0 Å². The standard InChI is InChI=1S/C19H25N3O3/c1-13-9-18(22-19(12-23)21-13)20-11-14-7-8-16(24-2)10-17(14)25-15-5-3-4-6-15/h7-10,15,23H,3-6,11-12H2,1-2H3,(H,20,21,22). The highest BCUT2D eigenvalue weighted by atomic mass is 16.5. The number of aliphatic hydroxyl groups excluding tert-OH is 1. The van der Waals surface area contributed by atoms with Crippen LogP contribution in [0.2, 0.25) is 0 Å².